The molecule has 0 aliphatic carbocycles. The van der Waals surface area contributed by atoms with Gasteiger partial charge in [-0.15, -0.1) is 0 Å². The molecule has 0 heterocycles. The molecule has 4 rings (SSSR count). The summed E-state index contributed by atoms with van der Waals surface area (Å²) in [6, 6.07) is 24.0. The average Bonchev–Trinajstić information content (AvgIpc) is 2.94. The summed E-state index contributed by atoms with van der Waals surface area (Å²) in [4.78, 5) is 48.6. The first kappa shape index (κ1) is 27.4. The number of nitro groups is 1. The van der Waals surface area contributed by atoms with E-state index < -0.39 is 22.5 Å². The van der Waals surface area contributed by atoms with Crippen molar-refractivity contribution in [3.05, 3.63) is 134 Å². The van der Waals surface area contributed by atoms with Gasteiger partial charge in [0, 0.05) is 28.4 Å². The van der Waals surface area contributed by atoms with E-state index in [9.17, 15) is 24.5 Å². The molecular formula is C30H24N4O6. The van der Waals surface area contributed by atoms with Gasteiger partial charge in [0.25, 0.3) is 11.8 Å². The molecule has 4 aromatic rings. The Morgan fingerprint density at radius 2 is 1.43 bits per heavy atom. The Morgan fingerprint density at radius 3 is 2.08 bits per heavy atom. The summed E-state index contributed by atoms with van der Waals surface area (Å²) in [6.07, 6.45) is 1.15. The van der Waals surface area contributed by atoms with Crippen LogP contribution < -0.4 is 15.5 Å². The SMILES string of the molecule is Cc1cccc(C(=O)Nc2ccc(C(=O)N/N=C/c3cccc([N+](=O)[O-])c3OC(=O)c3cccc(C)c3)cc2)c1. The van der Waals surface area contributed by atoms with E-state index in [0.717, 1.165) is 17.3 Å². The van der Waals surface area contributed by atoms with Gasteiger partial charge in [-0.3, -0.25) is 19.7 Å². The van der Waals surface area contributed by atoms with Crippen LogP contribution in [0.4, 0.5) is 11.4 Å². The highest BCUT2D eigenvalue weighted by atomic mass is 16.6. The highest BCUT2D eigenvalue weighted by Crippen LogP contribution is 2.31. The van der Waals surface area contributed by atoms with Gasteiger partial charge in [0.1, 0.15) is 0 Å². The highest BCUT2D eigenvalue weighted by molar-refractivity contribution is 6.04. The van der Waals surface area contributed by atoms with Crippen molar-refractivity contribution < 1.29 is 24.0 Å². The Kier molecular flexibility index (Phi) is 8.40. The largest absolute Gasteiger partial charge is 0.415 e. The van der Waals surface area contributed by atoms with E-state index in [1.54, 1.807) is 55.5 Å². The van der Waals surface area contributed by atoms with Gasteiger partial charge in [-0.2, -0.15) is 5.10 Å². The minimum absolute atomic E-state index is 0.115. The second-order valence-electron chi connectivity index (χ2n) is 8.81. The first-order valence-electron chi connectivity index (χ1n) is 12.1. The molecule has 4 aromatic carbocycles. The lowest BCUT2D eigenvalue weighted by molar-refractivity contribution is -0.385. The minimum Gasteiger partial charge on any atom is -0.415 e. The van der Waals surface area contributed by atoms with Crippen molar-refractivity contribution in [3.63, 3.8) is 0 Å². The molecule has 0 radical (unpaired) electrons. The second-order valence-corrected chi connectivity index (χ2v) is 8.81. The Labute approximate surface area is 229 Å². The van der Waals surface area contributed by atoms with Gasteiger partial charge < -0.3 is 10.1 Å². The number of rotatable bonds is 8. The summed E-state index contributed by atoms with van der Waals surface area (Å²) in [6.45, 7) is 3.70. The zero-order valence-electron chi connectivity index (χ0n) is 21.6. The maximum atomic E-state index is 12.7. The van der Waals surface area contributed by atoms with Crippen molar-refractivity contribution in [3.8, 4) is 5.75 Å². The third kappa shape index (κ3) is 6.81. The third-order valence-electron chi connectivity index (χ3n) is 5.72. The number of nitrogens with zero attached hydrogens (tertiary/aromatic N) is 2. The number of carbonyl (C=O) groups excluding carboxylic acids is 3. The van der Waals surface area contributed by atoms with E-state index in [2.05, 4.69) is 15.8 Å². The van der Waals surface area contributed by atoms with Gasteiger partial charge in [-0.1, -0.05) is 41.5 Å². The molecule has 0 aliphatic heterocycles. The van der Waals surface area contributed by atoms with E-state index in [1.807, 2.05) is 13.0 Å². The van der Waals surface area contributed by atoms with Crippen LogP contribution in [0, 0.1) is 24.0 Å². The Hall–Kier alpha value is -5.64. The number of hydrogen-bond acceptors (Lipinski definition) is 7. The molecule has 10 nitrogen and oxygen atoms in total. The minimum atomic E-state index is -0.772. The van der Waals surface area contributed by atoms with Crippen LogP contribution in [0.2, 0.25) is 0 Å². The summed E-state index contributed by atoms with van der Waals surface area (Å²) in [5.74, 6) is -1.91. The quantitative estimate of drug-likeness (QED) is 0.101. The number of hydrazone groups is 1. The molecular weight excluding hydrogens is 512 g/mol. The number of aryl methyl sites for hydroxylation is 2. The number of anilines is 1. The molecule has 0 atom stereocenters. The molecule has 2 amide bonds. The number of hydrogen-bond donors (Lipinski definition) is 2. The third-order valence-corrected chi connectivity index (χ3v) is 5.72. The smallest absolute Gasteiger partial charge is 0.343 e. The molecule has 0 unspecified atom stereocenters. The van der Waals surface area contributed by atoms with Gasteiger partial charge in [0.15, 0.2) is 0 Å². The predicted molar refractivity (Wildman–Crippen MR) is 150 cm³/mol. The Balaban J connectivity index is 1.44. The van der Waals surface area contributed by atoms with E-state index in [1.165, 1.54) is 36.4 Å². The number of amides is 2. The fraction of sp³-hybridized carbons (Fsp3) is 0.0667. The van der Waals surface area contributed by atoms with Crippen molar-refractivity contribution >= 4 is 35.4 Å². The van der Waals surface area contributed by atoms with Gasteiger partial charge in [-0.25, -0.2) is 10.2 Å². The maximum absolute atomic E-state index is 12.7. The van der Waals surface area contributed by atoms with Crippen molar-refractivity contribution in [2.45, 2.75) is 13.8 Å². The molecule has 0 saturated carbocycles. The van der Waals surface area contributed by atoms with Crippen molar-refractivity contribution in [2.24, 2.45) is 5.10 Å². The summed E-state index contributed by atoms with van der Waals surface area (Å²) in [7, 11) is 0. The highest BCUT2D eigenvalue weighted by Gasteiger charge is 2.22. The van der Waals surface area contributed by atoms with Crippen LogP contribution >= 0.6 is 0 Å². The lowest BCUT2D eigenvalue weighted by Gasteiger charge is -2.09. The normalized spacial score (nSPS) is 10.7. The average molecular weight is 537 g/mol. The topological polar surface area (TPSA) is 140 Å². The molecule has 200 valence electrons. The molecule has 0 aromatic heterocycles. The van der Waals surface area contributed by atoms with E-state index >= 15 is 0 Å². The van der Waals surface area contributed by atoms with Crippen molar-refractivity contribution in [1.29, 1.82) is 0 Å². The standard InChI is InChI=1S/C30H24N4O6/c1-19-6-3-8-22(16-19)28(35)32-25-14-12-21(13-15-25)29(36)33-31-18-24-10-5-11-26(34(38)39)27(24)40-30(37)23-9-4-7-20(2)17-23/h3-18H,1-2H3,(H,32,35)(H,33,36)/b31-18+. The van der Waals surface area contributed by atoms with Crippen LogP contribution in [0.25, 0.3) is 0 Å². The monoisotopic (exact) mass is 536 g/mol. The van der Waals surface area contributed by atoms with Crippen LogP contribution in [-0.4, -0.2) is 28.9 Å². The molecule has 0 aliphatic rings. The molecule has 0 saturated heterocycles. The number of carbonyl (C=O) groups is 3. The van der Waals surface area contributed by atoms with Gasteiger partial charge >= 0.3 is 11.7 Å². The fourth-order valence-electron chi connectivity index (χ4n) is 3.74. The predicted octanol–water partition coefficient (Wildman–Crippen LogP) is 5.45. The van der Waals surface area contributed by atoms with Crippen LogP contribution in [0.15, 0.2) is 96.1 Å². The zero-order chi connectivity index (χ0) is 28.6. The number of nitrogens with one attached hydrogen (secondary N) is 2. The Bertz CT molecular complexity index is 1630. The molecule has 0 bridgehead atoms. The summed E-state index contributed by atoms with van der Waals surface area (Å²) in [5, 5.41) is 18.2. The summed E-state index contributed by atoms with van der Waals surface area (Å²) in [5.41, 5.74) is 5.32. The lowest BCUT2D eigenvalue weighted by Crippen LogP contribution is -2.18. The summed E-state index contributed by atoms with van der Waals surface area (Å²) >= 11 is 0. The molecule has 0 fully saturated rings. The second kappa shape index (κ2) is 12.3. The van der Waals surface area contributed by atoms with Crippen LogP contribution in [0.5, 0.6) is 5.75 Å². The fourth-order valence-corrected chi connectivity index (χ4v) is 3.74. The van der Waals surface area contributed by atoms with Gasteiger partial charge in [0.2, 0.25) is 5.75 Å². The van der Waals surface area contributed by atoms with Gasteiger partial charge in [-0.05, 0) is 68.4 Å². The molecule has 40 heavy (non-hydrogen) atoms. The number of esters is 1. The van der Waals surface area contributed by atoms with Crippen LogP contribution in [-0.2, 0) is 0 Å². The lowest BCUT2D eigenvalue weighted by atomic mass is 10.1. The summed E-state index contributed by atoms with van der Waals surface area (Å²) < 4.78 is 5.39. The number of para-hydroxylation sites is 1. The van der Waals surface area contributed by atoms with Crippen LogP contribution in [0.1, 0.15) is 47.8 Å². The van der Waals surface area contributed by atoms with Crippen molar-refractivity contribution in [1.82, 2.24) is 5.43 Å². The number of benzene rings is 4. The van der Waals surface area contributed by atoms with E-state index in [0.29, 0.717) is 11.3 Å². The van der Waals surface area contributed by atoms with Gasteiger partial charge in [0.05, 0.1) is 16.7 Å². The zero-order valence-corrected chi connectivity index (χ0v) is 21.6. The molecule has 10 heteroatoms. The van der Waals surface area contributed by atoms with Crippen molar-refractivity contribution in [2.75, 3.05) is 5.32 Å². The van der Waals surface area contributed by atoms with E-state index in [4.69, 9.17) is 4.74 Å². The molecule has 2 N–H and O–H groups in total. The molecule has 0 spiro atoms. The van der Waals surface area contributed by atoms with Crippen LogP contribution in [0.3, 0.4) is 0 Å². The number of nitro benzene ring substituents is 1. The number of ether oxygens (including phenoxy) is 1. The first-order valence-corrected chi connectivity index (χ1v) is 12.1. The first-order chi connectivity index (χ1) is 19.2. The Morgan fingerprint density at radius 1 is 0.800 bits per heavy atom. The van der Waals surface area contributed by atoms with E-state index in [-0.39, 0.29) is 28.3 Å². The maximum Gasteiger partial charge on any atom is 0.343 e.